The number of aryl methyl sites for hydroxylation is 1. The van der Waals surface area contributed by atoms with Gasteiger partial charge in [-0.3, -0.25) is 0 Å². The highest BCUT2D eigenvalue weighted by molar-refractivity contribution is 5.64. The molecule has 2 aromatic rings. The minimum atomic E-state index is 0.0326. The predicted molar refractivity (Wildman–Crippen MR) is 81.3 cm³/mol. The van der Waals surface area contributed by atoms with Gasteiger partial charge in [-0.15, -0.1) is 10.2 Å². The second-order valence-corrected chi connectivity index (χ2v) is 5.06. The molecule has 108 valence electrons. The summed E-state index contributed by atoms with van der Waals surface area (Å²) in [7, 11) is 0. The van der Waals surface area contributed by atoms with Crippen LogP contribution in [-0.2, 0) is 13.0 Å². The van der Waals surface area contributed by atoms with Crippen LogP contribution in [0, 0.1) is 22.7 Å². The number of fused-ring (bicyclic) bond motifs is 1. The Morgan fingerprint density at radius 3 is 2.91 bits per heavy atom. The number of hydrogen-bond acceptors (Lipinski definition) is 5. The summed E-state index contributed by atoms with van der Waals surface area (Å²) in [5, 5.41) is 29.0. The van der Waals surface area contributed by atoms with Crippen molar-refractivity contribution in [1.29, 1.82) is 10.5 Å². The van der Waals surface area contributed by atoms with Crippen LogP contribution in [-0.4, -0.2) is 14.8 Å². The molecular formula is C16H14N6. The van der Waals surface area contributed by atoms with Crippen molar-refractivity contribution in [3.8, 4) is 23.5 Å². The molecule has 0 saturated carbocycles. The van der Waals surface area contributed by atoms with Gasteiger partial charge in [0, 0.05) is 30.4 Å². The fourth-order valence-corrected chi connectivity index (χ4v) is 2.51. The first-order valence-electron chi connectivity index (χ1n) is 7.11. The maximum Gasteiger partial charge on any atom is 0.164 e. The van der Waals surface area contributed by atoms with Crippen molar-refractivity contribution in [2.75, 3.05) is 5.32 Å². The minimum Gasteiger partial charge on any atom is -0.360 e. The lowest BCUT2D eigenvalue weighted by Gasteiger charge is -2.15. The molecule has 1 aromatic heterocycles. The lowest BCUT2D eigenvalue weighted by molar-refractivity contribution is 0.526. The molecule has 6 heteroatoms. The summed E-state index contributed by atoms with van der Waals surface area (Å²) in [6.45, 7) is 0.947. The molecule has 0 unspecified atom stereocenters. The zero-order valence-corrected chi connectivity index (χ0v) is 12.0. The van der Waals surface area contributed by atoms with Gasteiger partial charge >= 0.3 is 0 Å². The Labute approximate surface area is 128 Å². The lowest BCUT2D eigenvalue weighted by Crippen LogP contribution is -2.11. The summed E-state index contributed by atoms with van der Waals surface area (Å²) in [5.74, 6) is 1.90. The Kier molecular flexibility index (Phi) is 3.84. The lowest BCUT2D eigenvalue weighted by atomic mass is 10.1. The van der Waals surface area contributed by atoms with E-state index in [0.29, 0.717) is 0 Å². The number of nitrogens with zero attached hydrogens (tertiary/aromatic N) is 5. The zero-order chi connectivity index (χ0) is 15.4. The highest BCUT2D eigenvalue weighted by Crippen LogP contribution is 2.25. The van der Waals surface area contributed by atoms with Gasteiger partial charge in [0.2, 0.25) is 0 Å². The molecule has 0 saturated heterocycles. The second kappa shape index (κ2) is 6.11. The van der Waals surface area contributed by atoms with Gasteiger partial charge in [-0.25, -0.2) is 0 Å². The Balaban J connectivity index is 1.89. The normalized spacial score (nSPS) is 12.6. The van der Waals surface area contributed by atoms with E-state index in [0.717, 1.165) is 48.7 Å². The third-order valence-electron chi connectivity index (χ3n) is 3.60. The fraction of sp³-hybridized carbons (Fsp3) is 0.250. The average molecular weight is 290 g/mol. The Bertz CT molecular complexity index is 787. The summed E-state index contributed by atoms with van der Waals surface area (Å²) in [6, 6.07) is 11.3. The molecule has 0 radical (unpaired) electrons. The maximum absolute atomic E-state index is 8.74. The van der Waals surface area contributed by atoms with E-state index >= 15 is 0 Å². The Morgan fingerprint density at radius 1 is 1.23 bits per heavy atom. The number of hydrogen-bond donors (Lipinski definition) is 1. The maximum atomic E-state index is 8.74. The van der Waals surface area contributed by atoms with Crippen LogP contribution in [0.1, 0.15) is 18.7 Å². The Morgan fingerprint density at radius 2 is 2.09 bits per heavy atom. The van der Waals surface area contributed by atoms with Crippen molar-refractivity contribution < 1.29 is 0 Å². The molecule has 0 fully saturated rings. The van der Waals surface area contributed by atoms with Gasteiger partial charge in [0.1, 0.15) is 23.5 Å². The number of allylic oxidation sites excluding steroid dienone is 1. The highest BCUT2D eigenvalue weighted by Gasteiger charge is 2.16. The van der Waals surface area contributed by atoms with Crippen LogP contribution in [0.4, 0.5) is 5.69 Å². The summed E-state index contributed by atoms with van der Waals surface area (Å²) < 4.78 is 2.16. The largest absolute Gasteiger partial charge is 0.360 e. The quantitative estimate of drug-likeness (QED) is 0.877. The first-order valence-corrected chi connectivity index (χ1v) is 7.11. The molecule has 0 bridgehead atoms. The molecule has 1 aliphatic rings. The molecular weight excluding hydrogens is 276 g/mol. The van der Waals surface area contributed by atoms with Gasteiger partial charge in [-0.2, -0.15) is 10.5 Å². The molecule has 1 aliphatic heterocycles. The monoisotopic (exact) mass is 290 g/mol. The summed E-state index contributed by atoms with van der Waals surface area (Å²) in [5.41, 5.74) is 1.80. The fourth-order valence-electron chi connectivity index (χ4n) is 2.51. The average Bonchev–Trinajstić information content (AvgIpc) is 3.00. The molecule has 0 spiro atoms. The van der Waals surface area contributed by atoms with Crippen LogP contribution in [0.25, 0.3) is 11.4 Å². The summed E-state index contributed by atoms with van der Waals surface area (Å²) in [6.07, 6.45) is 4.68. The smallest absolute Gasteiger partial charge is 0.164 e. The van der Waals surface area contributed by atoms with Gasteiger partial charge in [0.25, 0.3) is 0 Å². The van der Waals surface area contributed by atoms with Gasteiger partial charge in [-0.05, 0) is 25.0 Å². The van der Waals surface area contributed by atoms with Crippen molar-refractivity contribution in [2.24, 2.45) is 0 Å². The second-order valence-electron chi connectivity index (χ2n) is 5.06. The van der Waals surface area contributed by atoms with Crippen LogP contribution < -0.4 is 5.32 Å². The summed E-state index contributed by atoms with van der Waals surface area (Å²) in [4.78, 5) is 0. The Hall–Kier alpha value is -3.12. The minimum absolute atomic E-state index is 0.0326. The van der Waals surface area contributed by atoms with Gasteiger partial charge in [-0.1, -0.05) is 12.1 Å². The van der Waals surface area contributed by atoms with Crippen LogP contribution in [0.15, 0.2) is 36.0 Å². The topological polar surface area (TPSA) is 90.3 Å². The van der Waals surface area contributed by atoms with Crippen molar-refractivity contribution in [2.45, 2.75) is 25.8 Å². The third kappa shape index (κ3) is 2.68. The molecule has 6 nitrogen and oxygen atoms in total. The molecule has 0 aliphatic carbocycles. The molecule has 3 rings (SSSR count). The molecule has 0 amide bonds. The SMILES string of the molecule is N#CC(C#N)=CNc1cccc(-c2nnc3n2CCCC3)c1. The van der Waals surface area contributed by atoms with E-state index in [9.17, 15) is 0 Å². The van der Waals surface area contributed by atoms with E-state index < -0.39 is 0 Å². The van der Waals surface area contributed by atoms with E-state index in [-0.39, 0.29) is 5.57 Å². The molecule has 0 atom stereocenters. The van der Waals surface area contributed by atoms with Crippen LogP contribution in [0.5, 0.6) is 0 Å². The molecule has 22 heavy (non-hydrogen) atoms. The number of aromatic nitrogens is 3. The summed E-state index contributed by atoms with van der Waals surface area (Å²) >= 11 is 0. The zero-order valence-electron chi connectivity index (χ0n) is 12.0. The first kappa shape index (κ1) is 13.8. The highest BCUT2D eigenvalue weighted by atomic mass is 15.3. The van der Waals surface area contributed by atoms with E-state index in [1.165, 1.54) is 6.20 Å². The van der Waals surface area contributed by atoms with Gasteiger partial charge in [0.15, 0.2) is 5.82 Å². The van der Waals surface area contributed by atoms with E-state index in [4.69, 9.17) is 10.5 Å². The number of nitriles is 2. The van der Waals surface area contributed by atoms with Crippen molar-refractivity contribution in [3.63, 3.8) is 0 Å². The van der Waals surface area contributed by atoms with Crippen LogP contribution in [0.2, 0.25) is 0 Å². The standard InChI is InChI=1S/C16H14N6/c17-9-12(10-18)11-19-14-5-3-4-13(8-14)16-21-20-15-6-1-2-7-22(15)16/h3-5,8,11,19H,1-2,6-7H2. The first-order chi connectivity index (χ1) is 10.8. The van der Waals surface area contributed by atoms with Gasteiger partial charge in [0.05, 0.1) is 0 Å². The molecule has 1 N–H and O–H groups in total. The van der Waals surface area contributed by atoms with Gasteiger partial charge < -0.3 is 9.88 Å². The number of rotatable bonds is 3. The molecule has 1 aromatic carbocycles. The predicted octanol–water partition coefficient (Wildman–Crippen LogP) is 2.62. The van der Waals surface area contributed by atoms with E-state index in [2.05, 4.69) is 20.1 Å². The van der Waals surface area contributed by atoms with Crippen molar-refractivity contribution >= 4 is 5.69 Å². The number of anilines is 1. The third-order valence-corrected chi connectivity index (χ3v) is 3.60. The van der Waals surface area contributed by atoms with Crippen LogP contribution in [0.3, 0.4) is 0 Å². The van der Waals surface area contributed by atoms with E-state index in [1.54, 1.807) is 0 Å². The van der Waals surface area contributed by atoms with Crippen molar-refractivity contribution in [3.05, 3.63) is 41.9 Å². The van der Waals surface area contributed by atoms with Crippen LogP contribution >= 0.6 is 0 Å². The number of nitrogens with one attached hydrogen (secondary N) is 1. The number of benzene rings is 1. The van der Waals surface area contributed by atoms with E-state index in [1.807, 2.05) is 36.4 Å². The molecule has 2 heterocycles. The van der Waals surface area contributed by atoms with Crippen molar-refractivity contribution in [1.82, 2.24) is 14.8 Å².